The number of nitrogens with zero attached hydrogens (tertiary/aromatic N) is 1. The van der Waals surface area contributed by atoms with Gasteiger partial charge in [-0.1, -0.05) is 62.4 Å². The van der Waals surface area contributed by atoms with E-state index in [2.05, 4.69) is 22.5 Å². The topological polar surface area (TPSA) is 67.9 Å². The monoisotopic (exact) mass is 604 g/mol. The number of hydrogen-bond donors (Lipinski definition) is 1. The molecule has 0 aliphatic carbocycles. The molecule has 1 heterocycles. The molecule has 1 aliphatic heterocycles. The molecule has 6 nitrogen and oxygen atoms in total. The van der Waals surface area contributed by atoms with Gasteiger partial charge >= 0.3 is 6.36 Å². The van der Waals surface area contributed by atoms with E-state index in [1.807, 2.05) is 58.9 Å². The number of aryl methyl sites for hydroxylation is 1. The second-order valence-corrected chi connectivity index (χ2v) is 13.1. The third-order valence-corrected chi connectivity index (χ3v) is 8.80. The van der Waals surface area contributed by atoms with Gasteiger partial charge in [-0.25, -0.2) is 8.51 Å². The fourth-order valence-corrected chi connectivity index (χ4v) is 6.88. The van der Waals surface area contributed by atoms with Gasteiger partial charge in [0.05, 0.1) is 27.4 Å². The number of rotatable bonds is 11. The molecule has 42 heavy (non-hydrogen) atoms. The Morgan fingerprint density at radius 3 is 2.36 bits per heavy atom. The molecule has 0 spiro atoms. The summed E-state index contributed by atoms with van der Waals surface area (Å²) < 4.78 is 65.4. The van der Waals surface area contributed by atoms with Gasteiger partial charge in [0.1, 0.15) is 17.0 Å². The van der Waals surface area contributed by atoms with Crippen molar-refractivity contribution in [1.82, 2.24) is 5.32 Å². The van der Waals surface area contributed by atoms with Crippen LogP contribution in [-0.2, 0) is 26.5 Å². The van der Waals surface area contributed by atoms with Gasteiger partial charge in [0, 0.05) is 23.6 Å². The highest BCUT2D eigenvalue weighted by molar-refractivity contribution is 8.02. The Balaban J connectivity index is 2.35. The van der Waals surface area contributed by atoms with E-state index < -0.39 is 38.8 Å². The van der Waals surface area contributed by atoms with Gasteiger partial charge in [0.15, 0.2) is 0 Å². The van der Waals surface area contributed by atoms with Crippen LogP contribution in [0.15, 0.2) is 77.7 Å². The molecule has 2 unspecified atom stereocenters. The van der Waals surface area contributed by atoms with Crippen molar-refractivity contribution in [2.45, 2.75) is 76.2 Å². The van der Waals surface area contributed by atoms with Gasteiger partial charge < -0.3 is 9.47 Å². The van der Waals surface area contributed by atoms with Crippen LogP contribution in [0, 0.1) is 0 Å². The first-order valence-corrected chi connectivity index (χ1v) is 15.3. The van der Waals surface area contributed by atoms with E-state index >= 15 is 0 Å². The fourth-order valence-electron chi connectivity index (χ4n) is 5.08. The van der Waals surface area contributed by atoms with Gasteiger partial charge in [0.25, 0.3) is 5.91 Å². The molecular formula is C32H39F3N2O4S. The summed E-state index contributed by atoms with van der Waals surface area (Å²) in [5.41, 5.74) is 0.776. The number of nitrogens with one attached hydrogen (secondary N) is 1. The van der Waals surface area contributed by atoms with Crippen molar-refractivity contribution in [3.63, 3.8) is 0 Å². The minimum Gasteiger partial charge on any atom is -0.497 e. The van der Waals surface area contributed by atoms with E-state index in [-0.39, 0.29) is 17.1 Å². The van der Waals surface area contributed by atoms with Crippen molar-refractivity contribution >= 4 is 27.2 Å². The number of allylic oxidation sites excluding steroid dienone is 4. The largest absolute Gasteiger partial charge is 0.573 e. The Morgan fingerprint density at radius 2 is 1.81 bits per heavy atom. The molecule has 10 heteroatoms. The number of carbonyl (C=O) groups excluding carboxylic acids is 1. The van der Waals surface area contributed by atoms with Crippen LogP contribution in [0.5, 0.6) is 11.5 Å². The maximum absolute atomic E-state index is 14.8. The minimum atomic E-state index is -5.09. The molecule has 0 radical (unpaired) electrons. The molecule has 1 N–H and O–H groups in total. The van der Waals surface area contributed by atoms with Crippen LogP contribution in [0.1, 0.15) is 58.6 Å². The van der Waals surface area contributed by atoms with Crippen LogP contribution >= 0.6 is 0 Å². The number of amides is 1. The van der Waals surface area contributed by atoms with E-state index in [4.69, 9.17) is 4.74 Å². The molecule has 1 amide bonds. The lowest BCUT2D eigenvalue weighted by atomic mass is 9.81. The molecule has 1 aliphatic rings. The Bertz CT molecular complexity index is 1500. The average Bonchev–Trinajstić information content (AvgIpc) is 3.12. The summed E-state index contributed by atoms with van der Waals surface area (Å²) in [4.78, 5) is 14.4. The Hall–Kier alpha value is -3.50. The van der Waals surface area contributed by atoms with Crippen LogP contribution < -0.4 is 19.1 Å². The van der Waals surface area contributed by atoms with Crippen molar-refractivity contribution < 1.29 is 31.6 Å². The lowest BCUT2D eigenvalue weighted by molar-refractivity contribution is -0.275. The number of hydrogen-bond acceptors (Lipinski definition) is 5. The molecule has 0 saturated heterocycles. The SMILES string of the molecule is C=C/C=C\C=C(\CC)CC1(NC(C)(C)C)C(=O)N(S(=C)(=O)c2ccc(OC)cc2OC(F)(F)F)c2ccc(CC)cc21. The van der Waals surface area contributed by atoms with E-state index in [1.54, 1.807) is 18.2 Å². The third kappa shape index (κ3) is 6.93. The first-order valence-electron chi connectivity index (χ1n) is 13.6. The predicted octanol–water partition coefficient (Wildman–Crippen LogP) is 7.25. The first kappa shape index (κ1) is 33.0. The molecule has 2 aromatic carbocycles. The van der Waals surface area contributed by atoms with Crippen molar-refractivity contribution in [2.75, 3.05) is 11.4 Å². The average molecular weight is 605 g/mol. The number of halogens is 3. The highest BCUT2D eigenvalue weighted by Crippen LogP contribution is 2.49. The zero-order chi connectivity index (χ0) is 31.5. The van der Waals surface area contributed by atoms with Crippen LogP contribution in [0.2, 0.25) is 0 Å². The molecule has 0 bridgehead atoms. The summed E-state index contributed by atoms with van der Waals surface area (Å²) in [7, 11) is -2.64. The number of anilines is 1. The van der Waals surface area contributed by atoms with Crippen LogP contribution in [0.25, 0.3) is 0 Å². The summed E-state index contributed by atoms with van der Waals surface area (Å²) >= 11 is 0. The second-order valence-electron chi connectivity index (χ2n) is 11.1. The number of benzene rings is 2. The molecule has 3 rings (SSSR count). The molecule has 2 atom stereocenters. The summed E-state index contributed by atoms with van der Waals surface area (Å²) in [5.74, 6) is 2.58. The summed E-state index contributed by atoms with van der Waals surface area (Å²) in [6, 6.07) is 8.93. The molecule has 0 saturated carbocycles. The van der Waals surface area contributed by atoms with Crippen LogP contribution in [0.3, 0.4) is 0 Å². The maximum Gasteiger partial charge on any atom is 0.573 e. The van der Waals surface area contributed by atoms with Crippen molar-refractivity contribution in [2.24, 2.45) is 0 Å². The molecule has 0 fully saturated rings. The highest BCUT2D eigenvalue weighted by Gasteiger charge is 2.55. The lowest BCUT2D eigenvalue weighted by Gasteiger charge is -2.38. The third-order valence-electron chi connectivity index (χ3n) is 6.83. The summed E-state index contributed by atoms with van der Waals surface area (Å²) in [5, 5.41) is 3.51. The smallest absolute Gasteiger partial charge is 0.497 e. The van der Waals surface area contributed by atoms with E-state index in [0.29, 0.717) is 24.1 Å². The highest BCUT2D eigenvalue weighted by atomic mass is 32.2. The number of methoxy groups -OCH3 is 1. The molecule has 2 aromatic rings. The Labute approximate surface area is 247 Å². The second kappa shape index (κ2) is 12.4. The van der Waals surface area contributed by atoms with Crippen LogP contribution in [0.4, 0.5) is 18.9 Å². The number of alkyl halides is 3. The standard InChI is InChI=1S/C32H39F3N2O4S/c1-9-12-13-14-23(11-3)21-31(36-30(4,5)6)25-19-22(10-2)15-17-26(25)37(29(31)38)42(8,39)28-18-16-24(40-7)20-27(28)41-32(33,34)35/h9,12-20,36H,1,8,10-11,21H2,2-7H3/b13-12-,23-14-. The first-order chi connectivity index (χ1) is 19.5. The van der Waals surface area contributed by atoms with Crippen molar-refractivity contribution in [1.29, 1.82) is 0 Å². The number of ether oxygens (including phenoxy) is 2. The Kier molecular flexibility index (Phi) is 9.74. The normalized spacial score (nSPS) is 19.1. The van der Waals surface area contributed by atoms with Crippen molar-refractivity contribution in [3.05, 3.63) is 84.0 Å². The van der Waals surface area contributed by atoms with Crippen LogP contribution in [-0.4, -0.2) is 35.0 Å². The Morgan fingerprint density at radius 1 is 1.12 bits per heavy atom. The number of carbonyl (C=O) groups is 1. The van der Waals surface area contributed by atoms with E-state index in [1.165, 1.54) is 19.2 Å². The lowest BCUT2D eigenvalue weighted by Crippen LogP contribution is -2.58. The van der Waals surface area contributed by atoms with Gasteiger partial charge in [-0.2, -0.15) is 0 Å². The summed E-state index contributed by atoms with van der Waals surface area (Å²) in [6.07, 6.45) is 3.60. The number of fused-ring (bicyclic) bond motifs is 1. The molecule has 0 aromatic heterocycles. The summed E-state index contributed by atoms with van der Waals surface area (Å²) in [6.45, 7) is 13.4. The van der Waals surface area contributed by atoms with Gasteiger partial charge in [-0.15, -0.1) is 13.2 Å². The molecule has 228 valence electrons. The van der Waals surface area contributed by atoms with Gasteiger partial charge in [-0.3, -0.25) is 10.1 Å². The minimum absolute atomic E-state index is 0.0583. The van der Waals surface area contributed by atoms with E-state index in [0.717, 1.165) is 21.5 Å². The van der Waals surface area contributed by atoms with Gasteiger partial charge in [-0.05, 0) is 63.2 Å². The quantitative estimate of drug-likeness (QED) is 0.216. The van der Waals surface area contributed by atoms with Crippen molar-refractivity contribution in [3.8, 4) is 11.5 Å². The predicted molar refractivity (Wildman–Crippen MR) is 163 cm³/mol. The van der Waals surface area contributed by atoms with E-state index in [9.17, 15) is 22.2 Å². The maximum atomic E-state index is 14.8. The van der Waals surface area contributed by atoms with Gasteiger partial charge in [0.2, 0.25) is 0 Å². The fraction of sp³-hybridized carbons (Fsp3) is 0.375. The molecular weight excluding hydrogens is 565 g/mol. The zero-order valence-corrected chi connectivity index (χ0v) is 25.7. The zero-order valence-electron chi connectivity index (χ0n) is 24.9.